The van der Waals surface area contributed by atoms with E-state index in [2.05, 4.69) is 5.32 Å². The minimum atomic E-state index is -0.618. The van der Waals surface area contributed by atoms with E-state index in [1.54, 1.807) is 24.4 Å². The number of anilines is 1. The highest BCUT2D eigenvalue weighted by Crippen LogP contribution is 2.36. The molecule has 8 heteroatoms. The Morgan fingerprint density at radius 1 is 1.14 bits per heavy atom. The van der Waals surface area contributed by atoms with Crippen molar-refractivity contribution in [2.75, 3.05) is 5.32 Å². The zero-order valence-electron chi connectivity index (χ0n) is 16.7. The molecule has 1 fully saturated rings. The van der Waals surface area contributed by atoms with Gasteiger partial charge in [0.05, 0.1) is 23.4 Å². The fraction of sp³-hybridized carbons (Fsp3) is 0.400. The third-order valence-electron chi connectivity index (χ3n) is 5.26. The summed E-state index contributed by atoms with van der Waals surface area (Å²) in [5, 5.41) is 2.45. The molecule has 1 aliphatic heterocycles. The van der Waals surface area contributed by atoms with E-state index < -0.39 is 24.1 Å². The molecule has 3 rings (SSSR count). The SMILES string of the molecule is CC(=O)Nc1cccc(Cn2cc(B3OC(C)(C)C(C)(C)O3)ccc2=O)c1F. The lowest BCUT2D eigenvalue weighted by Crippen LogP contribution is -2.41. The molecule has 0 saturated carbocycles. The van der Waals surface area contributed by atoms with Crippen molar-refractivity contribution < 1.29 is 18.5 Å². The van der Waals surface area contributed by atoms with Gasteiger partial charge in [0.2, 0.25) is 5.91 Å². The topological polar surface area (TPSA) is 69.6 Å². The van der Waals surface area contributed by atoms with E-state index in [-0.39, 0.29) is 23.7 Å². The Labute approximate surface area is 163 Å². The number of pyridine rings is 1. The number of carbonyl (C=O) groups excluding carboxylic acids is 1. The summed E-state index contributed by atoms with van der Waals surface area (Å²) in [5.41, 5.74) is -0.227. The third-order valence-corrected chi connectivity index (χ3v) is 5.26. The third kappa shape index (κ3) is 3.88. The first-order valence-corrected chi connectivity index (χ1v) is 9.11. The van der Waals surface area contributed by atoms with Gasteiger partial charge in [-0.2, -0.15) is 0 Å². The molecule has 2 aromatic rings. The van der Waals surface area contributed by atoms with Crippen molar-refractivity contribution in [1.82, 2.24) is 4.57 Å². The number of carbonyl (C=O) groups is 1. The van der Waals surface area contributed by atoms with Crippen LogP contribution in [0, 0.1) is 5.82 Å². The van der Waals surface area contributed by atoms with E-state index in [9.17, 15) is 14.0 Å². The van der Waals surface area contributed by atoms with Crippen molar-refractivity contribution >= 4 is 24.2 Å². The maximum Gasteiger partial charge on any atom is 0.496 e. The van der Waals surface area contributed by atoms with E-state index in [1.807, 2.05) is 27.7 Å². The molecule has 0 bridgehead atoms. The Balaban J connectivity index is 1.90. The molecule has 0 spiro atoms. The molecule has 1 saturated heterocycles. The highest BCUT2D eigenvalue weighted by molar-refractivity contribution is 6.62. The van der Waals surface area contributed by atoms with Gasteiger partial charge < -0.3 is 19.2 Å². The molecule has 1 aliphatic rings. The van der Waals surface area contributed by atoms with Gasteiger partial charge in [-0.3, -0.25) is 9.59 Å². The predicted octanol–water partition coefficient (Wildman–Crippen LogP) is 2.29. The summed E-state index contributed by atoms with van der Waals surface area (Å²) in [4.78, 5) is 23.5. The number of hydrogen-bond donors (Lipinski definition) is 1. The van der Waals surface area contributed by atoms with E-state index in [4.69, 9.17) is 9.31 Å². The molecule has 6 nitrogen and oxygen atoms in total. The minimum absolute atomic E-state index is 0.0193. The number of aromatic nitrogens is 1. The normalized spacial score (nSPS) is 17.6. The first-order chi connectivity index (χ1) is 13.0. The first-order valence-electron chi connectivity index (χ1n) is 9.11. The largest absolute Gasteiger partial charge is 0.496 e. The maximum atomic E-state index is 14.7. The van der Waals surface area contributed by atoms with Gasteiger partial charge in [0.1, 0.15) is 0 Å². The lowest BCUT2D eigenvalue weighted by atomic mass is 9.80. The zero-order chi connectivity index (χ0) is 20.7. The molecule has 1 aromatic carbocycles. The Hall–Kier alpha value is -2.45. The van der Waals surface area contributed by atoms with Gasteiger partial charge in [0.15, 0.2) is 5.82 Å². The van der Waals surface area contributed by atoms with Crippen LogP contribution in [0.2, 0.25) is 0 Å². The molecular weight excluding hydrogens is 362 g/mol. The molecular formula is C20H24BFN2O4. The number of nitrogens with zero attached hydrogens (tertiary/aromatic N) is 1. The smallest absolute Gasteiger partial charge is 0.399 e. The van der Waals surface area contributed by atoms with Crippen LogP contribution < -0.4 is 16.3 Å². The van der Waals surface area contributed by atoms with E-state index in [0.29, 0.717) is 11.0 Å². The molecule has 0 atom stereocenters. The maximum absolute atomic E-state index is 14.7. The van der Waals surface area contributed by atoms with E-state index >= 15 is 0 Å². The van der Waals surface area contributed by atoms with E-state index in [1.165, 1.54) is 23.6 Å². The highest BCUT2D eigenvalue weighted by Gasteiger charge is 2.51. The summed E-state index contributed by atoms with van der Waals surface area (Å²) in [6.45, 7) is 9.13. The highest BCUT2D eigenvalue weighted by atomic mass is 19.1. The van der Waals surface area contributed by atoms with Crippen molar-refractivity contribution in [2.24, 2.45) is 0 Å². The molecule has 2 heterocycles. The Kier molecular flexibility index (Phi) is 5.21. The summed E-state index contributed by atoms with van der Waals surface area (Å²) in [6.07, 6.45) is 1.62. The summed E-state index contributed by atoms with van der Waals surface area (Å²) < 4.78 is 28.1. The van der Waals surface area contributed by atoms with Crippen LogP contribution in [0.5, 0.6) is 0 Å². The monoisotopic (exact) mass is 386 g/mol. The van der Waals surface area contributed by atoms with Crippen LogP contribution in [0.4, 0.5) is 10.1 Å². The van der Waals surface area contributed by atoms with Crippen LogP contribution in [0.1, 0.15) is 40.2 Å². The first kappa shape index (κ1) is 20.3. The second-order valence-corrected chi connectivity index (χ2v) is 7.98. The van der Waals surface area contributed by atoms with Crippen molar-refractivity contribution in [1.29, 1.82) is 0 Å². The molecule has 0 aliphatic carbocycles. The summed E-state index contributed by atoms with van der Waals surface area (Å²) in [7, 11) is -0.618. The van der Waals surface area contributed by atoms with Gasteiger partial charge in [-0.25, -0.2) is 4.39 Å². The minimum Gasteiger partial charge on any atom is -0.399 e. The van der Waals surface area contributed by atoms with E-state index in [0.717, 1.165) is 0 Å². The Morgan fingerprint density at radius 2 is 1.79 bits per heavy atom. The Bertz CT molecular complexity index is 955. The molecule has 0 radical (unpaired) electrons. The van der Waals surface area contributed by atoms with Crippen molar-refractivity contribution in [3.8, 4) is 0 Å². The lowest BCUT2D eigenvalue weighted by Gasteiger charge is -2.32. The Morgan fingerprint density at radius 3 is 2.39 bits per heavy atom. The van der Waals surface area contributed by atoms with Crippen LogP contribution in [0.15, 0.2) is 41.3 Å². The zero-order valence-corrected chi connectivity index (χ0v) is 16.7. The number of rotatable bonds is 4. The standard InChI is InChI=1S/C20H24BFN2O4/c1-13(25)23-16-8-6-7-14(18(16)22)11-24-12-15(9-10-17(24)26)21-27-19(2,3)20(4,5)28-21/h6-10,12H,11H2,1-5H3,(H,23,25). The average molecular weight is 386 g/mol. The van der Waals surface area contributed by atoms with Crippen LogP contribution in [0.3, 0.4) is 0 Å². The van der Waals surface area contributed by atoms with Crippen LogP contribution in [-0.4, -0.2) is 28.8 Å². The lowest BCUT2D eigenvalue weighted by molar-refractivity contribution is -0.114. The summed E-state index contributed by atoms with van der Waals surface area (Å²) >= 11 is 0. The predicted molar refractivity (Wildman–Crippen MR) is 106 cm³/mol. The van der Waals surface area contributed by atoms with Crippen molar-refractivity contribution in [3.05, 3.63) is 58.3 Å². The number of nitrogens with one attached hydrogen (secondary N) is 1. The number of hydrogen-bond acceptors (Lipinski definition) is 4. The van der Waals surface area contributed by atoms with Crippen molar-refractivity contribution in [3.63, 3.8) is 0 Å². The van der Waals surface area contributed by atoms with Gasteiger partial charge in [0.25, 0.3) is 5.56 Å². The molecule has 1 amide bonds. The number of halogens is 1. The van der Waals surface area contributed by atoms with Crippen LogP contribution >= 0.6 is 0 Å². The average Bonchev–Trinajstić information content (AvgIpc) is 2.80. The van der Waals surface area contributed by atoms with Gasteiger partial charge >= 0.3 is 7.12 Å². The fourth-order valence-corrected chi connectivity index (χ4v) is 2.96. The van der Waals surface area contributed by atoms with Gasteiger partial charge in [0, 0.05) is 24.8 Å². The second kappa shape index (κ2) is 7.18. The second-order valence-electron chi connectivity index (χ2n) is 7.98. The number of benzene rings is 1. The van der Waals surface area contributed by atoms with Gasteiger partial charge in [-0.15, -0.1) is 0 Å². The van der Waals surface area contributed by atoms with Gasteiger partial charge in [-0.1, -0.05) is 18.2 Å². The quantitative estimate of drug-likeness (QED) is 0.819. The van der Waals surface area contributed by atoms with Crippen molar-refractivity contribution in [2.45, 2.75) is 52.4 Å². The van der Waals surface area contributed by atoms with Crippen LogP contribution in [0.25, 0.3) is 0 Å². The molecule has 1 N–H and O–H groups in total. The molecule has 1 aromatic heterocycles. The number of amides is 1. The molecule has 148 valence electrons. The van der Waals surface area contributed by atoms with Crippen LogP contribution in [-0.2, 0) is 20.6 Å². The fourth-order valence-electron chi connectivity index (χ4n) is 2.96. The van der Waals surface area contributed by atoms with Gasteiger partial charge in [-0.05, 0) is 39.2 Å². The molecule has 28 heavy (non-hydrogen) atoms. The summed E-state index contributed by atoms with van der Waals surface area (Å²) in [5.74, 6) is -0.929. The molecule has 0 unspecified atom stereocenters. The summed E-state index contributed by atoms with van der Waals surface area (Å²) in [6, 6.07) is 7.76.